The Morgan fingerprint density at radius 2 is 2.33 bits per heavy atom. The molecule has 3 atom stereocenters. The largest absolute Gasteiger partial charge is 0.491 e. The summed E-state index contributed by atoms with van der Waals surface area (Å²) < 4.78 is 11.0. The summed E-state index contributed by atoms with van der Waals surface area (Å²) in [5, 5.41) is 6.09. The van der Waals surface area contributed by atoms with Crippen LogP contribution in [0.4, 0.5) is 5.69 Å². The van der Waals surface area contributed by atoms with Crippen molar-refractivity contribution in [2.75, 3.05) is 19.0 Å². The summed E-state index contributed by atoms with van der Waals surface area (Å²) in [7, 11) is 1.67. The molecule has 1 aliphatic heterocycles. The van der Waals surface area contributed by atoms with Crippen molar-refractivity contribution in [1.29, 1.82) is 0 Å². The first-order valence-corrected chi connectivity index (χ1v) is 7.46. The van der Waals surface area contributed by atoms with Crippen molar-refractivity contribution in [2.45, 2.75) is 44.9 Å². The van der Waals surface area contributed by atoms with Crippen LogP contribution in [0.2, 0.25) is 0 Å². The van der Waals surface area contributed by atoms with Crippen LogP contribution in [0.25, 0.3) is 0 Å². The smallest absolute Gasteiger partial charge is 0.241 e. The average Bonchev–Trinajstić information content (AvgIpc) is 2.96. The number of benzene rings is 1. The van der Waals surface area contributed by atoms with E-state index in [1.54, 1.807) is 7.11 Å². The first-order valence-electron chi connectivity index (χ1n) is 7.46. The average molecular weight is 292 g/mol. The number of carbonyl (C=O) groups excluding carboxylic acids is 1. The minimum absolute atomic E-state index is 0.0322. The molecule has 0 aromatic heterocycles. The van der Waals surface area contributed by atoms with Crippen LogP contribution in [0.3, 0.4) is 0 Å². The number of nitrogens with one attached hydrogen (secondary N) is 2. The Bertz CT molecular complexity index is 478. The zero-order valence-electron chi connectivity index (χ0n) is 12.9. The molecule has 0 aliphatic carbocycles. The lowest BCUT2D eigenvalue weighted by molar-refractivity contribution is -0.118. The maximum atomic E-state index is 12.2. The van der Waals surface area contributed by atoms with Crippen LogP contribution < -0.4 is 15.4 Å². The summed E-state index contributed by atoms with van der Waals surface area (Å²) in [5.74, 6) is 0.742. The van der Waals surface area contributed by atoms with Gasteiger partial charge in [-0.2, -0.15) is 0 Å². The highest BCUT2D eigenvalue weighted by Crippen LogP contribution is 2.20. The molecule has 1 aliphatic rings. The van der Waals surface area contributed by atoms with E-state index in [0.29, 0.717) is 13.0 Å². The number of rotatable bonds is 6. The maximum absolute atomic E-state index is 12.2. The highest BCUT2D eigenvalue weighted by Gasteiger charge is 2.29. The van der Waals surface area contributed by atoms with Gasteiger partial charge in [-0.25, -0.2) is 0 Å². The predicted molar refractivity (Wildman–Crippen MR) is 82.7 cm³/mol. The Labute approximate surface area is 126 Å². The summed E-state index contributed by atoms with van der Waals surface area (Å²) >= 11 is 0. The number of amides is 1. The molecular weight excluding hydrogens is 268 g/mol. The second kappa shape index (κ2) is 7.43. The molecule has 0 radical (unpaired) electrons. The first-order chi connectivity index (χ1) is 10.1. The van der Waals surface area contributed by atoms with Crippen LogP contribution in [0.1, 0.15) is 26.7 Å². The fourth-order valence-corrected chi connectivity index (χ4v) is 2.27. The standard InChI is InChI=1S/C16H24N2O3/c1-4-11(2)21-13-7-5-6-12(8-13)18-16(19)15-9-14(20-3)10-17-15/h5-8,11,14-15,17H,4,9-10H2,1-3H3,(H,18,19). The molecule has 0 spiro atoms. The zero-order valence-corrected chi connectivity index (χ0v) is 12.9. The van der Waals surface area contributed by atoms with Gasteiger partial charge in [-0.1, -0.05) is 13.0 Å². The maximum Gasteiger partial charge on any atom is 0.241 e. The van der Waals surface area contributed by atoms with Crippen LogP contribution in [0, 0.1) is 0 Å². The van der Waals surface area contributed by atoms with Crippen LogP contribution in [0.15, 0.2) is 24.3 Å². The summed E-state index contributed by atoms with van der Waals surface area (Å²) in [5.41, 5.74) is 0.753. The predicted octanol–water partition coefficient (Wildman–Crippen LogP) is 2.18. The van der Waals surface area contributed by atoms with E-state index >= 15 is 0 Å². The molecule has 2 rings (SSSR count). The number of hydrogen-bond donors (Lipinski definition) is 2. The van der Waals surface area contributed by atoms with Gasteiger partial charge in [0.05, 0.1) is 18.2 Å². The van der Waals surface area contributed by atoms with Gasteiger partial charge in [-0.05, 0) is 31.9 Å². The lowest BCUT2D eigenvalue weighted by Crippen LogP contribution is -2.35. The van der Waals surface area contributed by atoms with E-state index in [1.807, 2.05) is 31.2 Å². The number of hydrogen-bond acceptors (Lipinski definition) is 4. The Hall–Kier alpha value is -1.59. The molecular formula is C16H24N2O3. The third-order valence-corrected chi connectivity index (χ3v) is 3.75. The van der Waals surface area contributed by atoms with Gasteiger partial charge in [0.2, 0.25) is 5.91 Å². The van der Waals surface area contributed by atoms with E-state index in [1.165, 1.54) is 0 Å². The van der Waals surface area contributed by atoms with Crippen molar-refractivity contribution in [3.8, 4) is 5.75 Å². The Kier molecular flexibility index (Phi) is 5.59. The minimum atomic E-state index is -0.200. The lowest BCUT2D eigenvalue weighted by Gasteiger charge is -2.15. The molecule has 1 saturated heterocycles. The molecule has 0 saturated carbocycles. The molecule has 0 bridgehead atoms. The van der Waals surface area contributed by atoms with Gasteiger partial charge in [-0.3, -0.25) is 4.79 Å². The molecule has 3 unspecified atom stereocenters. The summed E-state index contributed by atoms with van der Waals surface area (Å²) in [4.78, 5) is 12.2. The first kappa shape index (κ1) is 15.8. The van der Waals surface area contributed by atoms with Gasteiger partial charge in [0.1, 0.15) is 5.75 Å². The summed E-state index contributed by atoms with van der Waals surface area (Å²) in [6.45, 7) is 4.82. The molecule has 5 nitrogen and oxygen atoms in total. The van der Waals surface area contributed by atoms with Gasteiger partial charge in [-0.15, -0.1) is 0 Å². The van der Waals surface area contributed by atoms with Gasteiger partial charge in [0, 0.05) is 25.4 Å². The van der Waals surface area contributed by atoms with E-state index in [-0.39, 0.29) is 24.2 Å². The van der Waals surface area contributed by atoms with E-state index in [9.17, 15) is 4.79 Å². The highest BCUT2D eigenvalue weighted by molar-refractivity contribution is 5.95. The van der Waals surface area contributed by atoms with Crippen LogP contribution >= 0.6 is 0 Å². The van der Waals surface area contributed by atoms with Crippen molar-refractivity contribution in [3.63, 3.8) is 0 Å². The van der Waals surface area contributed by atoms with E-state index in [2.05, 4.69) is 17.6 Å². The fourth-order valence-electron chi connectivity index (χ4n) is 2.27. The summed E-state index contributed by atoms with van der Waals surface area (Å²) in [6, 6.07) is 7.30. The van der Waals surface area contributed by atoms with Crippen LogP contribution in [0.5, 0.6) is 5.75 Å². The molecule has 1 aromatic rings. The molecule has 1 aromatic carbocycles. The van der Waals surface area contributed by atoms with E-state index in [4.69, 9.17) is 9.47 Å². The minimum Gasteiger partial charge on any atom is -0.491 e. The molecule has 116 valence electrons. The number of anilines is 1. The van der Waals surface area contributed by atoms with Gasteiger partial charge in [0.25, 0.3) is 0 Å². The topological polar surface area (TPSA) is 59.6 Å². The third-order valence-electron chi connectivity index (χ3n) is 3.75. The van der Waals surface area contributed by atoms with Crippen molar-refractivity contribution >= 4 is 11.6 Å². The SMILES string of the molecule is CCC(C)Oc1cccc(NC(=O)C2CC(OC)CN2)c1. The van der Waals surface area contributed by atoms with Gasteiger partial charge >= 0.3 is 0 Å². The van der Waals surface area contributed by atoms with Gasteiger partial charge in [0.15, 0.2) is 0 Å². The molecule has 1 heterocycles. The normalized spacial score (nSPS) is 22.8. The molecule has 5 heteroatoms. The zero-order chi connectivity index (χ0) is 15.2. The summed E-state index contributed by atoms with van der Waals surface area (Å²) in [6.07, 6.45) is 1.92. The quantitative estimate of drug-likeness (QED) is 0.843. The molecule has 2 N–H and O–H groups in total. The third kappa shape index (κ3) is 4.44. The molecule has 21 heavy (non-hydrogen) atoms. The second-order valence-corrected chi connectivity index (χ2v) is 5.41. The van der Waals surface area contributed by atoms with Crippen molar-refractivity contribution < 1.29 is 14.3 Å². The van der Waals surface area contributed by atoms with Crippen molar-refractivity contribution in [2.24, 2.45) is 0 Å². The van der Waals surface area contributed by atoms with Crippen LogP contribution in [-0.2, 0) is 9.53 Å². The highest BCUT2D eigenvalue weighted by atomic mass is 16.5. The number of methoxy groups -OCH3 is 1. The monoisotopic (exact) mass is 292 g/mol. The fraction of sp³-hybridized carbons (Fsp3) is 0.562. The van der Waals surface area contributed by atoms with Crippen molar-refractivity contribution in [1.82, 2.24) is 5.32 Å². The molecule has 1 amide bonds. The Balaban J connectivity index is 1.93. The second-order valence-electron chi connectivity index (χ2n) is 5.41. The Morgan fingerprint density at radius 1 is 1.52 bits per heavy atom. The Morgan fingerprint density at radius 3 is 3.00 bits per heavy atom. The number of carbonyl (C=O) groups is 1. The van der Waals surface area contributed by atoms with Gasteiger partial charge < -0.3 is 20.1 Å². The molecule has 1 fully saturated rings. The number of ether oxygens (including phenoxy) is 2. The lowest BCUT2D eigenvalue weighted by atomic mass is 10.2. The van der Waals surface area contributed by atoms with Crippen molar-refractivity contribution in [3.05, 3.63) is 24.3 Å². The van der Waals surface area contributed by atoms with E-state index in [0.717, 1.165) is 17.9 Å². The van der Waals surface area contributed by atoms with E-state index < -0.39 is 0 Å². The van der Waals surface area contributed by atoms with Crippen LogP contribution in [-0.4, -0.2) is 37.8 Å².